The summed E-state index contributed by atoms with van der Waals surface area (Å²) in [5.41, 5.74) is 1.25. The molecule has 1 heterocycles. The van der Waals surface area contributed by atoms with Crippen LogP contribution in [0.4, 0.5) is 5.95 Å². The van der Waals surface area contributed by atoms with Gasteiger partial charge in [0, 0.05) is 43.1 Å². The van der Waals surface area contributed by atoms with Crippen LogP contribution in [-0.2, 0) is 6.54 Å². The lowest BCUT2D eigenvalue weighted by atomic mass is 10.1. The standard InChI is InChI=1S/C14H26N4/c1-6-8-18(7-2)13-15-9-12(10-16-13)11-17-14(3,4)5/h9-10,17H,6-8,11H2,1-5H3. The van der Waals surface area contributed by atoms with Gasteiger partial charge >= 0.3 is 0 Å². The van der Waals surface area contributed by atoms with Crippen molar-refractivity contribution in [2.45, 2.75) is 53.1 Å². The maximum atomic E-state index is 4.44. The van der Waals surface area contributed by atoms with E-state index < -0.39 is 0 Å². The summed E-state index contributed by atoms with van der Waals surface area (Å²) < 4.78 is 0. The molecule has 0 aliphatic carbocycles. The average Bonchev–Trinajstić information content (AvgIpc) is 2.33. The summed E-state index contributed by atoms with van der Waals surface area (Å²) in [4.78, 5) is 11.1. The predicted octanol–water partition coefficient (Wildman–Crippen LogP) is 2.60. The molecule has 1 N–H and O–H groups in total. The van der Waals surface area contributed by atoms with Crippen LogP contribution in [0.3, 0.4) is 0 Å². The molecule has 4 heteroatoms. The molecule has 1 aromatic rings. The fraction of sp³-hybridized carbons (Fsp3) is 0.714. The molecular weight excluding hydrogens is 224 g/mol. The molecule has 0 bridgehead atoms. The third-order valence-corrected chi connectivity index (χ3v) is 2.67. The van der Waals surface area contributed by atoms with Crippen LogP contribution in [0.5, 0.6) is 0 Å². The highest BCUT2D eigenvalue weighted by Gasteiger charge is 2.09. The normalized spacial score (nSPS) is 11.6. The van der Waals surface area contributed by atoms with Crippen LogP contribution >= 0.6 is 0 Å². The zero-order chi connectivity index (χ0) is 13.6. The molecule has 102 valence electrons. The topological polar surface area (TPSA) is 41.1 Å². The second kappa shape index (κ2) is 6.69. The van der Waals surface area contributed by atoms with Crippen molar-refractivity contribution in [3.63, 3.8) is 0 Å². The molecule has 0 atom stereocenters. The van der Waals surface area contributed by atoms with E-state index in [1.165, 1.54) is 0 Å². The fourth-order valence-corrected chi connectivity index (χ4v) is 1.64. The first-order valence-corrected chi connectivity index (χ1v) is 6.77. The second-order valence-electron chi connectivity index (χ2n) is 5.57. The van der Waals surface area contributed by atoms with Crippen molar-refractivity contribution in [1.29, 1.82) is 0 Å². The van der Waals surface area contributed by atoms with E-state index in [1.807, 2.05) is 12.4 Å². The Bertz CT molecular complexity index is 340. The molecule has 0 radical (unpaired) electrons. The maximum Gasteiger partial charge on any atom is 0.225 e. The first-order valence-electron chi connectivity index (χ1n) is 6.77. The molecule has 0 saturated carbocycles. The summed E-state index contributed by atoms with van der Waals surface area (Å²) in [6, 6.07) is 0. The van der Waals surface area contributed by atoms with Gasteiger partial charge in [0.1, 0.15) is 0 Å². The van der Waals surface area contributed by atoms with Gasteiger partial charge < -0.3 is 10.2 Å². The van der Waals surface area contributed by atoms with Gasteiger partial charge in [0.05, 0.1) is 0 Å². The Morgan fingerprint density at radius 1 is 1.17 bits per heavy atom. The van der Waals surface area contributed by atoms with Crippen molar-refractivity contribution in [1.82, 2.24) is 15.3 Å². The smallest absolute Gasteiger partial charge is 0.225 e. The second-order valence-corrected chi connectivity index (χ2v) is 5.57. The average molecular weight is 250 g/mol. The van der Waals surface area contributed by atoms with Gasteiger partial charge in [-0.3, -0.25) is 0 Å². The summed E-state index contributed by atoms with van der Waals surface area (Å²) in [6.45, 7) is 13.5. The highest BCUT2D eigenvalue weighted by molar-refractivity contribution is 5.29. The van der Waals surface area contributed by atoms with E-state index in [4.69, 9.17) is 0 Å². The largest absolute Gasteiger partial charge is 0.341 e. The van der Waals surface area contributed by atoms with Crippen molar-refractivity contribution in [2.24, 2.45) is 0 Å². The fourth-order valence-electron chi connectivity index (χ4n) is 1.64. The van der Waals surface area contributed by atoms with Crippen LogP contribution in [-0.4, -0.2) is 28.6 Å². The van der Waals surface area contributed by atoms with E-state index in [0.29, 0.717) is 0 Å². The van der Waals surface area contributed by atoms with Crippen LogP contribution in [0.1, 0.15) is 46.6 Å². The van der Waals surface area contributed by atoms with Crippen LogP contribution in [0, 0.1) is 0 Å². The molecule has 1 aromatic heterocycles. The number of hydrogen-bond donors (Lipinski definition) is 1. The third kappa shape index (κ3) is 5.00. The molecule has 0 fully saturated rings. The van der Waals surface area contributed by atoms with Gasteiger partial charge in [-0.1, -0.05) is 6.92 Å². The SMILES string of the molecule is CCCN(CC)c1ncc(CNC(C)(C)C)cn1. The van der Waals surface area contributed by atoms with Crippen LogP contribution in [0.15, 0.2) is 12.4 Å². The van der Waals surface area contributed by atoms with Crippen LogP contribution in [0.25, 0.3) is 0 Å². The van der Waals surface area contributed by atoms with E-state index in [1.54, 1.807) is 0 Å². The zero-order valence-corrected chi connectivity index (χ0v) is 12.3. The minimum atomic E-state index is 0.121. The van der Waals surface area contributed by atoms with Gasteiger partial charge in [-0.25, -0.2) is 9.97 Å². The molecule has 0 aliphatic rings. The summed E-state index contributed by atoms with van der Waals surface area (Å²) >= 11 is 0. The molecule has 0 spiro atoms. The Morgan fingerprint density at radius 2 is 1.78 bits per heavy atom. The summed E-state index contributed by atoms with van der Waals surface area (Å²) in [7, 11) is 0. The minimum absolute atomic E-state index is 0.121. The Kier molecular flexibility index (Phi) is 5.54. The Labute approximate surface area is 111 Å². The van der Waals surface area contributed by atoms with E-state index in [9.17, 15) is 0 Å². The van der Waals surface area contributed by atoms with Crippen molar-refractivity contribution < 1.29 is 0 Å². The molecule has 4 nitrogen and oxygen atoms in total. The summed E-state index contributed by atoms with van der Waals surface area (Å²) in [5, 5.41) is 3.43. The first kappa shape index (κ1) is 14.9. The van der Waals surface area contributed by atoms with E-state index in [2.05, 4.69) is 54.8 Å². The van der Waals surface area contributed by atoms with Gasteiger partial charge in [-0.05, 0) is 34.1 Å². The molecule has 0 amide bonds. The molecule has 0 aromatic carbocycles. The molecule has 0 unspecified atom stereocenters. The zero-order valence-electron chi connectivity index (χ0n) is 12.3. The third-order valence-electron chi connectivity index (χ3n) is 2.67. The van der Waals surface area contributed by atoms with Crippen LogP contribution in [0.2, 0.25) is 0 Å². The van der Waals surface area contributed by atoms with Gasteiger partial charge in [-0.15, -0.1) is 0 Å². The van der Waals surface area contributed by atoms with E-state index in [-0.39, 0.29) is 5.54 Å². The molecule has 0 aliphatic heterocycles. The number of nitrogens with zero attached hydrogens (tertiary/aromatic N) is 3. The number of hydrogen-bond acceptors (Lipinski definition) is 4. The van der Waals surface area contributed by atoms with E-state index >= 15 is 0 Å². The van der Waals surface area contributed by atoms with Gasteiger partial charge in [0.2, 0.25) is 5.95 Å². The van der Waals surface area contributed by atoms with Crippen molar-refractivity contribution >= 4 is 5.95 Å². The summed E-state index contributed by atoms with van der Waals surface area (Å²) in [5.74, 6) is 0.832. The van der Waals surface area contributed by atoms with Gasteiger partial charge in [0.25, 0.3) is 0 Å². The monoisotopic (exact) mass is 250 g/mol. The van der Waals surface area contributed by atoms with Crippen molar-refractivity contribution in [3.05, 3.63) is 18.0 Å². The molecule has 0 saturated heterocycles. The predicted molar refractivity (Wildman–Crippen MR) is 76.8 cm³/mol. The minimum Gasteiger partial charge on any atom is -0.341 e. The Morgan fingerprint density at radius 3 is 2.22 bits per heavy atom. The highest BCUT2D eigenvalue weighted by Crippen LogP contribution is 2.08. The number of rotatable bonds is 6. The highest BCUT2D eigenvalue weighted by atomic mass is 15.2. The maximum absolute atomic E-state index is 4.44. The van der Waals surface area contributed by atoms with Gasteiger partial charge in [-0.2, -0.15) is 0 Å². The lowest BCUT2D eigenvalue weighted by Gasteiger charge is -2.21. The molecule has 1 rings (SSSR count). The number of anilines is 1. The summed E-state index contributed by atoms with van der Waals surface area (Å²) in [6.07, 6.45) is 4.95. The Hall–Kier alpha value is -1.16. The number of aromatic nitrogens is 2. The van der Waals surface area contributed by atoms with Crippen molar-refractivity contribution in [3.8, 4) is 0 Å². The van der Waals surface area contributed by atoms with Gasteiger partial charge in [0.15, 0.2) is 0 Å². The lowest BCUT2D eigenvalue weighted by molar-refractivity contribution is 0.423. The molecular formula is C14H26N4. The molecule has 18 heavy (non-hydrogen) atoms. The quantitative estimate of drug-likeness (QED) is 0.842. The van der Waals surface area contributed by atoms with E-state index in [0.717, 1.165) is 37.6 Å². The Balaban J connectivity index is 2.61. The number of nitrogens with one attached hydrogen (secondary N) is 1. The lowest BCUT2D eigenvalue weighted by Crippen LogP contribution is -2.35. The first-order chi connectivity index (χ1) is 8.46. The van der Waals surface area contributed by atoms with Crippen LogP contribution < -0.4 is 10.2 Å². The van der Waals surface area contributed by atoms with Crippen molar-refractivity contribution in [2.75, 3.05) is 18.0 Å².